The average molecular weight is 234 g/mol. The molecule has 2 N–H and O–H groups in total. The molecule has 3 rings (SSSR count). The second kappa shape index (κ2) is 4.04. The van der Waals surface area contributed by atoms with E-state index < -0.39 is 0 Å². The predicted molar refractivity (Wildman–Crippen MR) is 68.6 cm³/mol. The van der Waals surface area contributed by atoms with Crippen LogP contribution in [-0.4, -0.2) is 16.3 Å². The Morgan fingerprint density at radius 1 is 1.44 bits per heavy atom. The van der Waals surface area contributed by atoms with Crippen molar-refractivity contribution in [2.75, 3.05) is 5.75 Å². The maximum atomic E-state index is 6.11. The van der Waals surface area contributed by atoms with Crippen molar-refractivity contribution in [1.82, 2.24) is 4.98 Å². The van der Waals surface area contributed by atoms with Crippen LogP contribution in [0.5, 0.6) is 0 Å². The summed E-state index contributed by atoms with van der Waals surface area (Å²) in [4.78, 5) is 4.59. The molecular formula is C13H18N2S. The third kappa shape index (κ3) is 2.25. The van der Waals surface area contributed by atoms with Gasteiger partial charge in [-0.3, -0.25) is 4.98 Å². The minimum atomic E-state index is 0.171. The van der Waals surface area contributed by atoms with Gasteiger partial charge in [-0.15, -0.1) is 0 Å². The van der Waals surface area contributed by atoms with Crippen molar-refractivity contribution in [3.05, 3.63) is 29.1 Å². The van der Waals surface area contributed by atoms with Gasteiger partial charge in [0, 0.05) is 23.2 Å². The number of pyridine rings is 1. The van der Waals surface area contributed by atoms with Gasteiger partial charge in [-0.2, -0.15) is 11.8 Å². The minimum absolute atomic E-state index is 0.171. The van der Waals surface area contributed by atoms with Gasteiger partial charge in [0.05, 0.1) is 0 Å². The first kappa shape index (κ1) is 10.6. The molecule has 16 heavy (non-hydrogen) atoms. The Labute approximate surface area is 101 Å². The molecule has 0 unspecified atom stereocenters. The van der Waals surface area contributed by atoms with Gasteiger partial charge >= 0.3 is 0 Å². The first-order chi connectivity index (χ1) is 7.75. The summed E-state index contributed by atoms with van der Waals surface area (Å²) >= 11 is 2.02. The summed E-state index contributed by atoms with van der Waals surface area (Å²) in [6.07, 6.45) is 7.84. The number of nitrogens with zero attached hydrogens (tertiary/aromatic N) is 1. The highest BCUT2D eigenvalue weighted by Gasteiger charge is 2.37. The van der Waals surface area contributed by atoms with Gasteiger partial charge in [-0.25, -0.2) is 0 Å². The molecule has 2 heterocycles. The van der Waals surface area contributed by atoms with Crippen LogP contribution in [0.15, 0.2) is 12.3 Å². The maximum absolute atomic E-state index is 6.11. The van der Waals surface area contributed by atoms with Crippen LogP contribution in [0.2, 0.25) is 0 Å². The normalized spacial score (nSPS) is 21.6. The van der Waals surface area contributed by atoms with Gasteiger partial charge in [0.1, 0.15) is 0 Å². The quantitative estimate of drug-likeness (QED) is 0.872. The first-order valence-electron chi connectivity index (χ1n) is 6.09. The van der Waals surface area contributed by atoms with Crippen LogP contribution in [0.1, 0.15) is 36.1 Å². The van der Waals surface area contributed by atoms with Crippen LogP contribution < -0.4 is 5.73 Å². The zero-order chi connectivity index (χ0) is 11.0. The standard InChI is InChI=1S/C13H18N2S/c14-13(4-5-13)3-1-10-7-11-9-16-6-2-12(11)15-8-10/h7-8H,1-6,9,14H2. The molecule has 2 nitrogen and oxygen atoms in total. The first-order valence-corrected chi connectivity index (χ1v) is 7.24. The average Bonchev–Trinajstić information content (AvgIpc) is 3.05. The molecule has 86 valence electrons. The van der Waals surface area contributed by atoms with E-state index in [9.17, 15) is 0 Å². The topological polar surface area (TPSA) is 38.9 Å². The Morgan fingerprint density at radius 3 is 3.12 bits per heavy atom. The van der Waals surface area contributed by atoms with E-state index in [4.69, 9.17) is 5.73 Å². The third-order valence-corrected chi connectivity index (χ3v) is 4.67. The van der Waals surface area contributed by atoms with Crippen LogP contribution in [0.4, 0.5) is 0 Å². The molecule has 1 fully saturated rings. The van der Waals surface area contributed by atoms with Crippen LogP contribution in [0.25, 0.3) is 0 Å². The molecule has 0 bridgehead atoms. The summed E-state index contributed by atoms with van der Waals surface area (Å²) in [6, 6.07) is 2.35. The number of thioether (sulfide) groups is 1. The second-order valence-electron chi connectivity index (χ2n) is 5.11. The second-order valence-corrected chi connectivity index (χ2v) is 6.22. The molecule has 1 aliphatic carbocycles. The van der Waals surface area contributed by atoms with Gasteiger partial charge in [0.25, 0.3) is 0 Å². The minimum Gasteiger partial charge on any atom is -0.325 e. The molecule has 1 aromatic rings. The molecule has 2 aliphatic rings. The molecule has 0 spiro atoms. The lowest BCUT2D eigenvalue weighted by atomic mass is 10.0. The fraction of sp³-hybridized carbons (Fsp3) is 0.615. The number of rotatable bonds is 3. The third-order valence-electron chi connectivity index (χ3n) is 3.66. The Morgan fingerprint density at radius 2 is 2.31 bits per heavy atom. The van der Waals surface area contributed by atoms with Crippen molar-refractivity contribution in [3.63, 3.8) is 0 Å². The van der Waals surface area contributed by atoms with E-state index in [1.807, 2.05) is 11.8 Å². The highest BCUT2D eigenvalue weighted by atomic mass is 32.2. The maximum Gasteiger partial charge on any atom is 0.0452 e. The van der Waals surface area contributed by atoms with Crippen molar-refractivity contribution in [2.45, 2.75) is 43.4 Å². The van der Waals surface area contributed by atoms with Crippen LogP contribution in [0, 0.1) is 0 Å². The Bertz CT molecular complexity index is 399. The van der Waals surface area contributed by atoms with E-state index in [1.165, 1.54) is 35.4 Å². The fourth-order valence-electron chi connectivity index (χ4n) is 2.23. The summed E-state index contributed by atoms with van der Waals surface area (Å²) in [7, 11) is 0. The molecular weight excluding hydrogens is 216 g/mol. The summed E-state index contributed by atoms with van der Waals surface area (Å²) in [5.41, 5.74) is 10.4. The van der Waals surface area contributed by atoms with E-state index in [0.29, 0.717) is 0 Å². The zero-order valence-electron chi connectivity index (χ0n) is 9.54. The molecule has 0 radical (unpaired) electrons. The van der Waals surface area contributed by atoms with E-state index >= 15 is 0 Å². The van der Waals surface area contributed by atoms with Crippen molar-refractivity contribution in [1.29, 1.82) is 0 Å². The Hall–Kier alpha value is -0.540. The van der Waals surface area contributed by atoms with Gasteiger partial charge in [0.2, 0.25) is 0 Å². The largest absolute Gasteiger partial charge is 0.325 e. The van der Waals surface area contributed by atoms with E-state index in [2.05, 4.69) is 17.2 Å². The fourth-order valence-corrected chi connectivity index (χ4v) is 3.18. The van der Waals surface area contributed by atoms with Crippen molar-refractivity contribution in [3.8, 4) is 0 Å². The lowest BCUT2D eigenvalue weighted by Crippen LogP contribution is -2.22. The van der Waals surface area contributed by atoms with Gasteiger partial charge < -0.3 is 5.73 Å². The predicted octanol–water partition coefficient (Wildman–Crippen LogP) is 2.29. The number of fused-ring (bicyclic) bond motifs is 1. The molecule has 0 atom stereocenters. The Balaban J connectivity index is 1.70. The summed E-state index contributed by atoms with van der Waals surface area (Å²) in [5, 5.41) is 0. The van der Waals surface area contributed by atoms with E-state index in [1.54, 1.807) is 0 Å². The highest BCUT2D eigenvalue weighted by molar-refractivity contribution is 7.98. The molecule has 0 saturated heterocycles. The number of aromatic nitrogens is 1. The molecule has 1 aliphatic heterocycles. The summed E-state index contributed by atoms with van der Waals surface area (Å²) < 4.78 is 0. The van der Waals surface area contributed by atoms with Gasteiger partial charge in [-0.1, -0.05) is 6.07 Å². The van der Waals surface area contributed by atoms with Crippen molar-refractivity contribution in [2.24, 2.45) is 5.73 Å². The van der Waals surface area contributed by atoms with Crippen LogP contribution in [0.3, 0.4) is 0 Å². The number of nitrogens with two attached hydrogens (primary N) is 1. The number of hydrogen-bond donors (Lipinski definition) is 1. The molecule has 1 saturated carbocycles. The Kier molecular flexibility index (Phi) is 2.68. The van der Waals surface area contributed by atoms with E-state index in [-0.39, 0.29) is 5.54 Å². The molecule has 0 aromatic carbocycles. The van der Waals surface area contributed by atoms with Crippen LogP contribution >= 0.6 is 11.8 Å². The van der Waals surface area contributed by atoms with Crippen molar-refractivity contribution < 1.29 is 0 Å². The summed E-state index contributed by atoms with van der Waals surface area (Å²) in [6.45, 7) is 0. The summed E-state index contributed by atoms with van der Waals surface area (Å²) in [5.74, 6) is 2.37. The van der Waals surface area contributed by atoms with Gasteiger partial charge in [0.15, 0.2) is 0 Å². The number of hydrogen-bond acceptors (Lipinski definition) is 3. The molecule has 0 amide bonds. The SMILES string of the molecule is NC1(CCc2cnc3c(c2)CSCC3)CC1. The lowest BCUT2D eigenvalue weighted by Gasteiger charge is -2.15. The zero-order valence-corrected chi connectivity index (χ0v) is 10.4. The van der Waals surface area contributed by atoms with E-state index in [0.717, 1.165) is 25.0 Å². The number of aryl methyl sites for hydroxylation is 2. The smallest absolute Gasteiger partial charge is 0.0452 e. The molecule has 1 aromatic heterocycles. The molecule has 3 heteroatoms. The monoisotopic (exact) mass is 234 g/mol. The van der Waals surface area contributed by atoms with Crippen molar-refractivity contribution >= 4 is 11.8 Å². The lowest BCUT2D eigenvalue weighted by molar-refractivity contribution is 0.608. The van der Waals surface area contributed by atoms with Crippen LogP contribution in [-0.2, 0) is 18.6 Å². The highest BCUT2D eigenvalue weighted by Crippen LogP contribution is 2.36. The van der Waals surface area contributed by atoms with Gasteiger partial charge in [-0.05, 0) is 49.0 Å².